The predicted molar refractivity (Wildman–Crippen MR) is 91.3 cm³/mol. The van der Waals surface area contributed by atoms with Gasteiger partial charge in [0.05, 0.1) is 11.1 Å². The average molecular weight is 366 g/mol. The molecule has 27 heavy (non-hydrogen) atoms. The zero-order valence-corrected chi connectivity index (χ0v) is 14.2. The number of fused-ring (bicyclic) bond motifs is 3. The fourth-order valence-electron chi connectivity index (χ4n) is 3.69. The Labute approximate surface area is 153 Å². The number of hydrogen-bond donors (Lipinski definition) is 2. The van der Waals surface area contributed by atoms with E-state index < -0.39 is 29.4 Å². The maximum atomic E-state index is 12.8. The first-order valence-corrected chi connectivity index (χ1v) is 8.30. The Balaban J connectivity index is 1.91. The summed E-state index contributed by atoms with van der Waals surface area (Å²) in [6.07, 6.45) is -0.520. The van der Waals surface area contributed by atoms with Gasteiger partial charge in [-0.2, -0.15) is 0 Å². The summed E-state index contributed by atoms with van der Waals surface area (Å²) >= 11 is 0. The first-order valence-electron chi connectivity index (χ1n) is 8.30. The summed E-state index contributed by atoms with van der Waals surface area (Å²) in [7, 11) is 0. The van der Waals surface area contributed by atoms with E-state index in [1.54, 1.807) is 0 Å². The average Bonchev–Trinajstić information content (AvgIpc) is 2.58. The molecular formula is C20H14O7. The van der Waals surface area contributed by atoms with Crippen LogP contribution in [0.1, 0.15) is 61.1 Å². The zero-order valence-electron chi connectivity index (χ0n) is 14.2. The van der Waals surface area contributed by atoms with Crippen molar-refractivity contribution in [3.8, 4) is 11.5 Å². The second-order valence-corrected chi connectivity index (χ2v) is 6.68. The number of esters is 1. The molecule has 2 aliphatic rings. The fourth-order valence-corrected chi connectivity index (χ4v) is 3.69. The quantitative estimate of drug-likeness (QED) is 0.665. The fraction of sp³-hybridized carbons (Fsp3) is 0.200. The van der Waals surface area contributed by atoms with E-state index in [1.807, 2.05) is 0 Å². The van der Waals surface area contributed by atoms with Crippen LogP contribution in [0.5, 0.6) is 11.5 Å². The van der Waals surface area contributed by atoms with E-state index in [9.17, 15) is 29.4 Å². The molecule has 1 aliphatic heterocycles. The highest BCUT2D eigenvalue weighted by molar-refractivity contribution is 6.31. The van der Waals surface area contributed by atoms with E-state index in [0.29, 0.717) is 5.56 Å². The third kappa shape index (κ3) is 2.43. The van der Waals surface area contributed by atoms with Gasteiger partial charge in [0.15, 0.2) is 5.78 Å². The van der Waals surface area contributed by atoms with E-state index in [2.05, 4.69) is 0 Å². The van der Waals surface area contributed by atoms with Gasteiger partial charge in [-0.3, -0.25) is 14.4 Å². The molecule has 0 saturated heterocycles. The van der Waals surface area contributed by atoms with E-state index in [4.69, 9.17) is 4.74 Å². The van der Waals surface area contributed by atoms with E-state index in [-0.39, 0.29) is 52.2 Å². The largest absolute Gasteiger partial charge is 0.507 e. The lowest BCUT2D eigenvalue weighted by atomic mass is 9.79. The van der Waals surface area contributed by atoms with Crippen LogP contribution in [0.15, 0.2) is 24.3 Å². The van der Waals surface area contributed by atoms with E-state index in [1.165, 1.54) is 31.2 Å². The smallest absolute Gasteiger partial charge is 0.342 e. The Morgan fingerprint density at radius 3 is 2.52 bits per heavy atom. The number of aromatic hydroxyl groups is 2. The predicted octanol–water partition coefficient (Wildman–Crippen LogP) is 1.93. The Bertz CT molecular complexity index is 1060. The van der Waals surface area contributed by atoms with Crippen LogP contribution in [-0.2, 0) is 16.0 Å². The molecule has 1 aliphatic carbocycles. The normalized spacial score (nSPS) is 17.7. The molecule has 0 fully saturated rings. The van der Waals surface area contributed by atoms with Crippen LogP contribution in [0.4, 0.5) is 0 Å². The molecular weight excluding hydrogens is 352 g/mol. The molecule has 2 aromatic carbocycles. The van der Waals surface area contributed by atoms with Crippen LogP contribution in [0.25, 0.3) is 0 Å². The summed E-state index contributed by atoms with van der Waals surface area (Å²) < 4.78 is 5.19. The van der Waals surface area contributed by atoms with Crippen molar-refractivity contribution in [2.75, 3.05) is 0 Å². The second kappa shape index (κ2) is 5.77. The van der Waals surface area contributed by atoms with Gasteiger partial charge in [-0.1, -0.05) is 12.1 Å². The van der Waals surface area contributed by atoms with Crippen molar-refractivity contribution in [1.29, 1.82) is 0 Å². The van der Waals surface area contributed by atoms with Crippen molar-refractivity contribution in [2.24, 2.45) is 0 Å². The maximum absolute atomic E-state index is 12.8. The molecule has 0 spiro atoms. The van der Waals surface area contributed by atoms with Crippen molar-refractivity contribution in [3.63, 3.8) is 0 Å². The van der Waals surface area contributed by atoms with E-state index >= 15 is 0 Å². The number of ketones is 3. The lowest BCUT2D eigenvalue weighted by Gasteiger charge is -2.27. The summed E-state index contributed by atoms with van der Waals surface area (Å²) in [6, 6.07) is 5.53. The summed E-state index contributed by atoms with van der Waals surface area (Å²) in [5.74, 6) is -3.30. The summed E-state index contributed by atoms with van der Waals surface area (Å²) in [5, 5.41) is 20.6. The van der Waals surface area contributed by atoms with Gasteiger partial charge in [-0.15, -0.1) is 0 Å². The first-order chi connectivity index (χ1) is 12.8. The molecule has 2 aromatic rings. The number of phenolic OH excluding ortho intramolecular Hbond substituents is 2. The molecule has 136 valence electrons. The van der Waals surface area contributed by atoms with Crippen molar-refractivity contribution >= 4 is 23.3 Å². The van der Waals surface area contributed by atoms with Gasteiger partial charge in [-0.25, -0.2) is 4.79 Å². The van der Waals surface area contributed by atoms with Crippen LogP contribution in [0.3, 0.4) is 0 Å². The number of Topliss-reactive ketones (excluding diaryl/α,β-unsaturated/α-hetero) is 1. The SMILES string of the molecule is CC(=O)C[C@H]1Cc2cc3c(c(O)c2C(=O)O1)C(=O)c1c(O)cccc1C3=O. The Morgan fingerprint density at radius 2 is 1.81 bits per heavy atom. The molecule has 0 aromatic heterocycles. The minimum absolute atomic E-state index is 0.0204. The molecule has 1 heterocycles. The van der Waals surface area contributed by atoms with Crippen LogP contribution in [0.2, 0.25) is 0 Å². The molecule has 0 unspecified atom stereocenters. The number of benzene rings is 2. The maximum Gasteiger partial charge on any atom is 0.342 e. The minimum atomic E-state index is -0.855. The van der Waals surface area contributed by atoms with Crippen LogP contribution in [0, 0.1) is 0 Å². The Morgan fingerprint density at radius 1 is 1.07 bits per heavy atom. The third-order valence-electron chi connectivity index (χ3n) is 4.81. The number of hydrogen-bond acceptors (Lipinski definition) is 7. The first kappa shape index (κ1) is 17.0. The number of ether oxygens (including phenoxy) is 1. The molecule has 2 N–H and O–H groups in total. The van der Waals surface area contributed by atoms with Gasteiger partial charge < -0.3 is 14.9 Å². The zero-order chi connectivity index (χ0) is 19.5. The monoisotopic (exact) mass is 366 g/mol. The molecule has 1 atom stereocenters. The van der Waals surface area contributed by atoms with Gasteiger partial charge in [0.1, 0.15) is 28.9 Å². The van der Waals surface area contributed by atoms with Crippen molar-refractivity contribution in [1.82, 2.24) is 0 Å². The molecule has 7 nitrogen and oxygen atoms in total. The van der Waals surface area contributed by atoms with Crippen molar-refractivity contribution < 1.29 is 34.1 Å². The van der Waals surface area contributed by atoms with Crippen molar-refractivity contribution in [2.45, 2.75) is 25.9 Å². The molecule has 0 saturated carbocycles. The van der Waals surface area contributed by atoms with Gasteiger partial charge in [0.2, 0.25) is 5.78 Å². The van der Waals surface area contributed by atoms with Gasteiger partial charge in [-0.05, 0) is 24.6 Å². The second-order valence-electron chi connectivity index (χ2n) is 6.68. The number of phenols is 2. The van der Waals surface area contributed by atoms with Gasteiger partial charge in [0, 0.05) is 24.0 Å². The highest BCUT2D eigenvalue weighted by atomic mass is 16.5. The molecule has 7 heteroatoms. The van der Waals surface area contributed by atoms with Crippen LogP contribution >= 0.6 is 0 Å². The number of cyclic esters (lactones) is 1. The summed E-state index contributed by atoms with van der Waals surface area (Å²) in [6.45, 7) is 1.37. The number of carbonyl (C=O) groups excluding carboxylic acids is 4. The summed E-state index contributed by atoms with van der Waals surface area (Å²) in [5.41, 5.74) is -0.373. The van der Waals surface area contributed by atoms with Crippen molar-refractivity contribution in [3.05, 3.63) is 57.6 Å². The Kier molecular flexibility index (Phi) is 3.62. The van der Waals surface area contributed by atoms with Crippen LogP contribution < -0.4 is 0 Å². The molecule has 4 rings (SSSR count). The highest BCUT2D eigenvalue weighted by Gasteiger charge is 2.39. The molecule has 0 amide bonds. The third-order valence-corrected chi connectivity index (χ3v) is 4.81. The number of rotatable bonds is 2. The summed E-state index contributed by atoms with van der Waals surface area (Å²) in [4.78, 5) is 49.3. The van der Waals surface area contributed by atoms with E-state index in [0.717, 1.165) is 0 Å². The van der Waals surface area contributed by atoms with Crippen LogP contribution in [-0.4, -0.2) is 39.6 Å². The minimum Gasteiger partial charge on any atom is -0.507 e. The lowest BCUT2D eigenvalue weighted by Crippen LogP contribution is -2.31. The number of carbonyl (C=O) groups is 4. The Hall–Kier alpha value is -3.48. The molecule has 0 radical (unpaired) electrons. The highest BCUT2D eigenvalue weighted by Crippen LogP contribution is 2.41. The van der Waals surface area contributed by atoms with Gasteiger partial charge >= 0.3 is 5.97 Å². The van der Waals surface area contributed by atoms with Gasteiger partial charge in [0.25, 0.3) is 0 Å². The topological polar surface area (TPSA) is 118 Å². The molecule has 0 bridgehead atoms. The standard InChI is InChI=1S/C20H14O7/c1-8(21)5-10-6-9-7-12-16(18(24)14(9)20(26)27-10)19(25)15-11(17(12)23)3-2-4-13(15)22/h2-4,7,10,22,24H,5-6H2,1H3/t10-/m0/s1. The lowest BCUT2D eigenvalue weighted by molar-refractivity contribution is -0.119.